The lowest BCUT2D eigenvalue weighted by Gasteiger charge is -2.10. The zero-order valence-corrected chi connectivity index (χ0v) is 6.02. The minimum atomic E-state index is -0.0579. The zero-order chi connectivity index (χ0) is 5.61. The maximum atomic E-state index is 5.47. The second kappa shape index (κ2) is 1.36. The highest BCUT2D eigenvalue weighted by molar-refractivity contribution is 9.10. The van der Waals surface area contributed by atoms with E-state index in [1.54, 1.807) is 0 Å². The van der Waals surface area contributed by atoms with Crippen molar-refractivity contribution in [2.75, 3.05) is 0 Å². The van der Waals surface area contributed by atoms with Crippen molar-refractivity contribution in [3.8, 4) is 0 Å². The third-order valence-corrected chi connectivity index (χ3v) is 2.52. The van der Waals surface area contributed by atoms with Crippen molar-refractivity contribution in [2.45, 2.75) is 23.5 Å². The van der Waals surface area contributed by atoms with Gasteiger partial charge >= 0.3 is 0 Å². The van der Waals surface area contributed by atoms with Crippen molar-refractivity contribution in [3.63, 3.8) is 0 Å². The van der Waals surface area contributed by atoms with E-state index in [0.29, 0.717) is 6.10 Å². The van der Waals surface area contributed by atoms with Crippen LogP contribution in [-0.2, 0) is 4.74 Å². The molecule has 2 heteroatoms. The van der Waals surface area contributed by atoms with E-state index in [1.165, 1.54) is 6.42 Å². The number of fused-ring (bicyclic) bond motifs is 2. The number of hydrogen-bond acceptors (Lipinski definition) is 1. The molecule has 0 amide bonds. The molecule has 2 atom stereocenters. The summed E-state index contributed by atoms with van der Waals surface area (Å²) in [6.45, 7) is 0. The molecule has 44 valence electrons. The lowest BCUT2D eigenvalue weighted by atomic mass is 10.1. The van der Waals surface area contributed by atoms with E-state index >= 15 is 0 Å². The molecule has 0 saturated carbocycles. The van der Waals surface area contributed by atoms with E-state index in [4.69, 9.17) is 4.74 Å². The highest BCUT2D eigenvalue weighted by atomic mass is 79.9. The highest BCUT2D eigenvalue weighted by Gasteiger charge is 2.39. The van der Waals surface area contributed by atoms with Crippen LogP contribution in [0.1, 0.15) is 12.8 Å². The summed E-state index contributed by atoms with van der Waals surface area (Å²) < 4.78 is 5.41. The molecule has 0 aromatic heterocycles. The third-order valence-electron chi connectivity index (χ3n) is 1.68. The summed E-state index contributed by atoms with van der Waals surface area (Å²) in [5.41, 5.74) is 0. The molecule has 1 saturated heterocycles. The molecular weight excluding hydrogens is 168 g/mol. The fourth-order valence-electron chi connectivity index (χ4n) is 1.22. The average Bonchev–Trinajstić information content (AvgIpc) is 2.21. The molecule has 2 aliphatic rings. The smallest absolute Gasteiger partial charge is 0.142 e. The van der Waals surface area contributed by atoms with Crippen LogP contribution in [0.5, 0.6) is 0 Å². The molecule has 2 heterocycles. The van der Waals surface area contributed by atoms with Gasteiger partial charge < -0.3 is 4.74 Å². The molecule has 0 spiro atoms. The Bertz CT molecular complexity index is 143. The first-order valence-electron chi connectivity index (χ1n) is 2.85. The van der Waals surface area contributed by atoms with Gasteiger partial charge in [0.25, 0.3) is 0 Å². The molecule has 2 rings (SSSR count). The first-order chi connectivity index (χ1) is 3.79. The van der Waals surface area contributed by atoms with E-state index < -0.39 is 0 Å². The lowest BCUT2D eigenvalue weighted by molar-refractivity contribution is 0.102. The van der Waals surface area contributed by atoms with Crippen LogP contribution in [0, 0.1) is 0 Å². The maximum absolute atomic E-state index is 5.47. The second-order valence-electron chi connectivity index (χ2n) is 2.34. The Labute approximate surface area is 56.8 Å². The fraction of sp³-hybridized carbons (Fsp3) is 0.667. The molecule has 2 unspecified atom stereocenters. The summed E-state index contributed by atoms with van der Waals surface area (Å²) in [7, 11) is 0. The van der Waals surface area contributed by atoms with Crippen LogP contribution in [0.3, 0.4) is 0 Å². The molecule has 8 heavy (non-hydrogen) atoms. The molecule has 0 N–H and O–H groups in total. The lowest BCUT2D eigenvalue weighted by Crippen LogP contribution is -2.10. The van der Waals surface area contributed by atoms with Crippen molar-refractivity contribution < 1.29 is 4.74 Å². The second-order valence-corrected chi connectivity index (χ2v) is 3.68. The van der Waals surface area contributed by atoms with Crippen molar-refractivity contribution in [1.82, 2.24) is 0 Å². The fourth-order valence-corrected chi connectivity index (χ4v) is 1.84. The molecule has 2 aliphatic heterocycles. The van der Waals surface area contributed by atoms with Crippen LogP contribution in [0.2, 0.25) is 0 Å². The van der Waals surface area contributed by atoms with Gasteiger partial charge in [-0.25, -0.2) is 0 Å². The van der Waals surface area contributed by atoms with Crippen LogP contribution < -0.4 is 0 Å². The van der Waals surface area contributed by atoms with Crippen molar-refractivity contribution >= 4 is 15.9 Å². The summed E-state index contributed by atoms with van der Waals surface area (Å²) in [6, 6.07) is 0. The van der Waals surface area contributed by atoms with E-state index in [9.17, 15) is 0 Å². The van der Waals surface area contributed by atoms with E-state index in [2.05, 4.69) is 28.1 Å². The Morgan fingerprint density at radius 1 is 1.75 bits per heavy atom. The Balaban J connectivity index is 2.33. The topological polar surface area (TPSA) is 9.23 Å². The number of alkyl halides is 1. The maximum Gasteiger partial charge on any atom is 0.142 e. The van der Waals surface area contributed by atoms with E-state index in [1.807, 2.05) is 0 Å². The van der Waals surface area contributed by atoms with Crippen molar-refractivity contribution in [1.29, 1.82) is 0 Å². The molecule has 1 fully saturated rings. The Hall–Kier alpha value is 0.180. The number of hydrogen-bond donors (Lipinski definition) is 0. The van der Waals surface area contributed by atoms with Crippen LogP contribution in [0.25, 0.3) is 0 Å². The number of rotatable bonds is 0. The van der Waals surface area contributed by atoms with Crippen LogP contribution in [-0.4, -0.2) is 10.6 Å². The quantitative estimate of drug-likeness (QED) is 0.403. The van der Waals surface area contributed by atoms with Crippen molar-refractivity contribution in [3.05, 3.63) is 12.2 Å². The van der Waals surface area contributed by atoms with Gasteiger partial charge in [-0.05, 0) is 34.8 Å². The van der Waals surface area contributed by atoms with Gasteiger partial charge in [0.15, 0.2) is 0 Å². The molecule has 1 nitrogen and oxygen atoms in total. The minimum Gasteiger partial charge on any atom is -0.353 e. The van der Waals surface area contributed by atoms with Gasteiger partial charge in [0.2, 0.25) is 0 Å². The van der Waals surface area contributed by atoms with Gasteiger partial charge in [-0.2, -0.15) is 0 Å². The third kappa shape index (κ3) is 0.562. The summed E-state index contributed by atoms with van der Waals surface area (Å²) in [6.07, 6.45) is 6.95. The Morgan fingerprint density at radius 3 is 2.75 bits per heavy atom. The molecule has 0 aromatic rings. The van der Waals surface area contributed by atoms with Gasteiger partial charge in [0.1, 0.15) is 4.51 Å². The number of halogens is 1. The first kappa shape index (κ1) is 5.00. The minimum absolute atomic E-state index is 0.0579. The molecule has 0 radical (unpaired) electrons. The zero-order valence-electron chi connectivity index (χ0n) is 4.43. The Morgan fingerprint density at radius 2 is 2.62 bits per heavy atom. The number of ether oxygens (including phenoxy) is 1. The summed E-state index contributed by atoms with van der Waals surface area (Å²) in [5.74, 6) is 0. The van der Waals surface area contributed by atoms with Gasteiger partial charge in [-0.3, -0.25) is 0 Å². The highest BCUT2D eigenvalue weighted by Crippen LogP contribution is 2.42. The van der Waals surface area contributed by atoms with Crippen LogP contribution in [0.15, 0.2) is 12.2 Å². The molecule has 0 aliphatic carbocycles. The van der Waals surface area contributed by atoms with E-state index in [0.717, 1.165) is 6.42 Å². The first-order valence-corrected chi connectivity index (χ1v) is 3.64. The van der Waals surface area contributed by atoms with Gasteiger partial charge in [0, 0.05) is 0 Å². The van der Waals surface area contributed by atoms with Gasteiger partial charge in [-0.15, -0.1) is 0 Å². The van der Waals surface area contributed by atoms with E-state index in [-0.39, 0.29) is 4.51 Å². The monoisotopic (exact) mass is 174 g/mol. The predicted molar refractivity (Wildman–Crippen MR) is 34.9 cm³/mol. The predicted octanol–water partition coefficient (Wildman–Crippen LogP) is 1.83. The largest absolute Gasteiger partial charge is 0.353 e. The average molecular weight is 175 g/mol. The van der Waals surface area contributed by atoms with Gasteiger partial charge in [-0.1, -0.05) is 6.08 Å². The normalized spacial score (nSPS) is 50.9. The van der Waals surface area contributed by atoms with Gasteiger partial charge in [0.05, 0.1) is 6.10 Å². The SMILES string of the molecule is BrC12C=CC(CC1)O2. The summed E-state index contributed by atoms with van der Waals surface area (Å²) in [5, 5.41) is 0. The summed E-state index contributed by atoms with van der Waals surface area (Å²) in [4.78, 5) is 0. The standard InChI is InChI=1S/C6H7BrO/c7-6-3-1-5(8-6)2-4-6/h1,3,5H,2,4H2. The molecule has 0 aromatic carbocycles. The Kier molecular flexibility index (Phi) is 0.853. The van der Waals surface area contributed by atoms with Crippen LogP contribution in [0.4, 0.5) is 0 Å². The van der Waals surface area contributed by atoms with Crippen molar-refractivity contribution in [2.24, 2.45) is 0 Å². The molecule has 2 bridgehead atoms. The molecular formula is C6H7BrO. The summed E-state index contributed by atoms with van der Waals surface area (Å²) >= 11 is 3.48. The van der Waals surface area contributed by atoms with Crippen LogP contribution >= 0.6 is 15.9 Å².